The Morgan fingerprint density at radius 2 is 1.73 bits per heavy atom. The molecule has 5 heteroatoms. The smallest absolute Gasteiger partial charge is 0.270 e. The van der Waals surface area contributed by atoms with E-state index in [1.807, 2.05) is 36.4 Å². The lowest BCUT2D eigenvalue weighted by Gasteiger charge is -2.26. The molecule has 0 radical (unpaired) electrons. The minimum absolute atomic E-state index is 0.0848. The molecule has 2 aromatic carbocycles. The largest absolute Gasteiger partial charge is 0.349 e. The van der Waals surface area contributed by atoms with Crippen molar-refractivity contribution in [3.05, 3.63) is 71.4 Å². The van der Waals surface area contributed by atoms with Crippen LogP contribution in [0.15, 0.2) is 54.6 Å². The molecule has 0 unspecified atom stereocenters. The van der Waals surface area contributed by atoms with Gasteiger partial charge >= 0.3 is 0 Å². The number of benzene rings is 2. The molecule has 0 bridgehead atoms. The SMILES string of the molecule is Cc1ccc(-c2cc(C(=O)NCCN3CCCCC3)n(-c3ccccc3)n2)cc1C. The molecule has 1 aromatic heterocycles. The van der Waals surface area contributed by atoms with Crippen LogP contribution in [0.1, 0.15) is 40.9 Å². The number of rotatable bonds is 6. The minimum Gasteiger partial charge on any atom is -0.349 e. The van der Waals surface area contributed by atoms with Gasteiger partial charge < -0.3 is 10.2 Å². The molecule has 0 spiro atoms. The average Bonchev–Trinajstić information content (AvgIpc) is 3.23. The number of nitrogens with zero attached hydrogens (tertiary/aromatic N) is 3. The standard InChI is InChI=1S/C25H30N4O/c1-19-11-12-21(17-20(19)2)23-18-24(29(27-23)22-9-5-3-6-10-22)25(30)26-13-16-28-14-7-4-8-15-28/h3,5-6,9-12,17-18H,4,7-8,13-16H2,1-2H3,(H,26,30). The summed E-state index contributed by atoms with van der Waals surface area (Å²) in [4.78, 5) is 15.5. The molecule has 1 aliphatic rings. The van der Waals surface area contributed by atoms with E-state index in [-0.39, 0.29) is 5.91 Å². The number of carbonyl (C=O) groups is 1. The number of aryl methyl sites for hydroxylation is 2. The third-order valence-electron chi connectivity index (χ3n) is 5.91. The minimum atomic E-state index is -0.0848. The van der Waals surface area contributed by atoms with E-state index in [9.17, 15) is 4.79 Å². The zero-order valence-corrected chi connectivity index (χ0v) is 17.9. The Bertz CT molecular complexity index is 1000. The molecule has 156 valence electrons. The van der Waals surface area contributed by atoms with Gasteiger partial charge in [-0.3, -0.25) is 4.79 Å². The van der Waals surface area contributed by atoms with E-state index in [4.69, 9.17) is 5.10 Å². The van der Waals surface area contributed by atoms with Crippen LogP contribution in [0.4, 0.5) is 0 Å². The van der Waals surface area contributed by atoms with Crippen LogP contribution < -0.4 is 5.32 Å². The first-order chi connectivity index (χ1) is 14.6. The number of hydrogen-bond donors (Lipinski definition) is 1. The van der Waals surface area contributed by atoms with E-state index in [1.54, 1.807) is 4.68 Å². The van der Waals surface area contributed by atoms with Gasteiger partial charge in [0.15, 0.2) is 0 Å². The van der Waals surface area contributed by atoms with Crippen LogP contribution in [-0.4, -0.2) is 46.8 Å². The Morgan fingerprint density at radius 3 is 2.47 bits per heavy atom. The monoisotopic (exact) mass is 402 g/mol. The van der Waals surface area contributed by atoms with Gasteiger partial charge in [-0.2, -0.15) is 5.10 Å². The van der Waals surface area contributed by atoms with Gasteiger partial charge in [0.2, 0.25) is 0 Å². The Kier molecular flexibility index (Phi) is 6.29. The van der Waals surface area contributed by atoms with Crippen LogP contribution in [0.5, 0.6) is 0 Å². The van der Waals surface area contributed by atoms with Crippen molar-refractivity contribution in [2.24, 2.45) is 0 Å². The number of piperidine rings is 1. The molecule has 1 N–H and O–H groups in total. The molecular weight excluding hydrogens is 372 g/mol. The van der Waals surface area contributed by atoms with Gasteiger partial charge in [0, 0.05) is 18.7 Å². The summed E-state index contributed by atoms with van der Waals surface area (Å²) in [6, 6.07) is 18.0. The lowest BCUT2D eigenvalue weighted by molar-refractivity contribution is 0.0939. The number of aromatic nitrogens is 2. The maximum atomic E-state index is 13.1. The highest BCUT2D eigenvalue weighted by atomic mass is 16.2. The molecule has 0 aliphatic carbocycles. The fourth-order valence-electron chi connectivity index (χ4n) is 3.95. The highest BCUT2D eigenvalue weighted by Crippen LogP contribution is 2.24. The van der Waals surface area contributed by atoms with E-state index in [1.165, 1.54) is 30.4 Å². The molecule has 1 saturated heterocycles. The fourth-order valence-corrected chi connectivity index (χ4v) is 3.95. The number of amides is 1. The quantitative estimate of drug-likeness (QED) is 0.666. The topological polar surface area (TPSA) is 50.2 Å². The first kappa shape index (κ1) is 20.4. The van der Waals surface area contributed by atoms with Crippen LogP contribution in [0, 0.1) is 13.8 Å². The highest BCUT2D eigenvalue weighted by Gasteiger charge is 2.18. The number of nitrogens with one attached hydrogen (secondary N) is 1. The maximum absolute atomic E-state index is 13.1. The van der Waals surface area contributed by atoms with Crippen molar-refractivity contribution in [1.82, 2.24) is 20.0 Å². The van der Waals surface area contributed by atoms with E-state index < -0.39 is 0 Å². The average molecular weight is 403 g/mol. The van der Waals surface area contributed by atoms with Crippen molar-refractivity contribution in [2.45, 2.75) is 33.1 Å². The Hall–Kier alpha value is -2.92. The Labute approximate surface area is 178 Å². The van der Waals surface area contributed by atoms with Gasteiger partial charge in [-0.05, 0) is 75.2 Å². The summed E-state index contributed by atoms with van der Waals surface area (Å²) in [5.41, 5.74) is 5.74. The number of carbonyl (C=O) groups excluding carboxylic acids is 1. The van der Waals surface area contributed by atoms with Crippen LogP contribution in [0.25, 0.3) is 16.9 Å². The summed E-state index contributed by atoms with van der Waals surface area (Å²) in [6.45, 7) is 8.01. The van der Waals surface area contributed by atoms with Crippen molar-refractivity contribution < 1.29 is 4.79 Å². The van der Waals surface area contributed by atoms with Crippen molar-refractivity contribution in [1.29, 1.82) is 0 Å². The summed E-state index contributed by atoms with van der Waals surface area (Å²) >= 11 is 0. The third-order valence-corrected chi connectivity index (χ3v) is 5.91. The van der Waals surface area contributed by atoms with Crippen molar-refractivity contribution in [3.63, 3.8) is 0 Å². The van der Waals surface area contributed by atoms with E-state index in [0.29, 0.717) is 12.2 Å². The van der Waals surface area contributed by atoms with Crippen LogP contribution in [0.2, 0.25) is 0 Å². The van der Waals surface area contributed by atoms with Gasteiger partial charge in [-0.1, -0.05) is 36.8 Å². The summed E-state index contributed by atoms with van der Waals surface area (Å²) < 4.78 is 1.75. The second-order valence-corrected chi connectivity index (χ2v) is 8.12. The molecule has 0 atom stereocenters. The van der Waals surface area contributed by atoms with E-state index in [2.05, 4.69) is 42.3 Å². The van der Waals surface area contributed by atoms with Gasteiger partial charge in [0.05, 0.1) is 11.4 Å². The molecule has 1 fully saturated rings. The molecule has 5 nitrogen and oxygen atoms in total. The van der Waals surface area contributed by atoms with Gasteiger partial charge in [-0.25, -0.2) is 4.68 Å². The summed E-state index contributed by atoms with van der Waals surface area (Å²) in [6.07, 6.45) is 3.84. The van der Waals surface area contributed by atoms with Crippen LogP contribution in [0.3, 0.4) is 0 Å². The molecule has 1 amide bonds. The second kappa shape index (κ2) is 9.26. The van der Waals surface area contributed by atoms with Crippen LogP contribution in [-0.2, 0) is 0 Å². The molecule has 4 rings (SSSR count). The summed E-state index contributed by atoms with van der Waals surface area (Å²) in [5.74, 6) is -0.0848. The zero-order chi connectivity index (χ0) is 20.9. The van der Waals surface area contributed by atoms with Crippen molar-refractivity contribution in [2.75, 3.05) is 26.2 Å². The van der Waals surface area contributed by atoms with Gasteiger partial charge in [-0.15, -0.1) is 0 Å². The number of para-hydroxylation sites is 1. The second-order valence-electron chi connectivity index (χ2n) is 8.12. The number of hydrogen-bond acceptors (Lipinski definition) is 3. The van der Waals surface area contributed by atoms with E-state index in [0.717, 1.165) is 36.6 Å². The first-order valence-electron chi connectivity index (χ1n) is 10.9. The molecule has 30 heavy (non-hydrogen) atoms. The molecule has 1 aliphatic heterocycles. The third kappa shape index (κ3) is 4.62. The predicted molar refractivity (Wildman–Crippen MR) is 121 cm³/mol. The van der Waals surface area contributed by atoms with Crippen molar-refractivity contribution in [3.8, 4) is 16.9 Å². The Morgan fingerprint density at radius 1 is 0.967 bits per heavy atom. The molecule has 2 heterocycles. The first-order valence-corrected chi connectivity index (χ1v) is 10.9. The fraction of sp³-hybridized carbons (Fsp3) is 0.360. The van der Waals surface area contributed by atoms with Gasteiger partial charge in [0.25, 0.3) is 5.91 Å². The lowest BCUT2D eigenvalue weighted by Crippen LogP contribution is -2.38. The summed E-state index contributed by atoms with van der Waals surface area (Å²) in [5, 5.41) is 7.89. The molecule has 0 saturated carbocycles. The zero-order valence-electron chi connectivity index (χ0n) is 17.9. The highest BCUT2D eigenvalue weighted by molar-refractivity contribution is 5.94. The van der Waals surface area contributed by atoms with Crippen molar-refractivity contribution >= 4 is 5.91 Å². The van der Waals surface area contributed by atoms with E-state index >= 15 is 0 Å². The predicted octanol–water partition coefficient (Wildman–Crippen LogP) is 4.37. The van der Waals surface area contributed by atoms with Gasteiger partial charge in [0.1, 0.15) is 5.69 Å². The normalized spacial score (nSPS) is 14.6. The van der Waals surface area contributed by atoms with Crippen LogP contribution >= 0.6 is 0 Å². The Balaban J connectivity index is 1.57. The number of likely N-dealkylation sites (tertiary alicyclic amines) is 1. The molecular formula is C25H30N4O. The summed E-state index contributed by atoms with van der Waals surface area (Å²) in [7, 11) is 0. The maximum Gasteiger partial charge on any atom is 0.270 e. The molecule has 3 aromatic rings. The lowest BCUT2D eigenvalue weighted by atomic mass is 10.0.